The summed E-state index contributed by atoms with van der Waals surface area (Å²) >= 11 is 0. The smallest absolute Gasteiger partial charge is 0.272 e. The van der Waals surface area contributed by atoms with E-state index in [-0.39, 0.29) is 10.6 Å². The van der Waals surface area contributed by atoms with Gasteiger partial charge in [-0.25, -0.2) is 0 Å². The maximum atomic E-state index is 10.6. The van der Waals surface area contributed by atoms with Crippen LogP contribution in [0.2, 0.25) is 0 Å². The first-order chi connectivity index (χ1) is 6.66. The van der Waals surface area contributed by atoms with Gasteiger partial charge in [0.2, 0.25) is 0 Å². The standard InChI is InChI=1S/C10H14N2O2/c1-3-11-7-9-5-4-6-10(8(9)2)12(13)14/h4-6,11H,3,7H2,1-2H3. The number of rotatable bonds is 4. The third-order valence-corrected chi connectivity index (χ3v) is 2.18. The van der Waals surface area contributed by atoms with Crippen molar-refractivity contribution in [2.45, 2.75) is 20.4 Å². The molecule has 14 heavy (non-hydrogen) atoms. The second kappa shape index (κ2) is 4.72. The Bertz CT molecular complexity index is 337. The van der Waals surface area contributed by atoms with Crippen LogP contribution in [0.15, 0.2) is 18.2 Å². The van der Waals surface area contributed by atoms with Gasteiger partial charge in [0.25, 0.3) is 5.69 Å². The second-order valence-electron chi connectivity index (χ2n) is 3.10. The number of nitro benzene ring substituents is 1. The average molecular weight is 194 g/mol. The van der Waals surface area contributed by atoms with Crippen LogP contribution >= 0.6 is 0 Å². The summed E-state index contributed by atoms with van der Waals surface area (Å²) in [5.74, 6) is 0. The van der Waals surface area contributed by atoms with Crippen molar-refractivity contribution in [3.63, 3.8) is 0 Å². The van der Waals surface area contributed by atoms with Crippen LogP contribution in [0.1, 0.15) is 18.1 Å². The van der Waals surface area contributed by atoms with Gasteiger partial charge in [0.15, 0.2) is 0 Å². The van der Waals surface area contributed by atoms with Crippen molar-refractivity contribution in [1.82, 2.24) is 5.32 Å². The molecule has 0 spiro atoms. The van der Waals surface area contributed by atoms with Crippen molar-refractivity contribution in [1.29, 1.82) is 0 Å². The minimum Gasteiger partial charge on any atom is -0.313 e. The van der Waals surface area contributed by atoms with Crippen LogP contribution < -0.4 is 5.32 Å². The SMILES string of the molecule is CCNCc1cccc([N+](=O)[O-])c1C. The van der Waals surface area contributed by atoms with E-state index in [0.29, 0.717) is 6.54 Å². The molecule has 0 saturated heterocycles. The summed E-state index contributed by atoms with van der Waals surface area (Å²) in [4.78, 5) is 10.3. The van der Waals surface area contributed by atoms with Gasteiger partial charge in [-0.15, -0.1) is 0 Å². The molecule has 1 aromatic carbocycles. The Morgan fingerprint density at radius 2 is 2.21 bits per heavy atom. The molecule has 0 aliphatic heterocycles. The molecule has 0 aliphatic carbocycles. The molecular weight excluding hydrogens is 180 g/mol. The Morgan fingerprint density at radius 1 is 1.50 bits per heavy atom. The zero-order valence-corrected chi connectivity index (χ0v) is 8.41. The van der Waals surface area contributed by atoms with Crippen LogP contribution in [0.4, 0.5) is 5.69 Å². The van der Waals surface area contributed by atoms with E-state index in [4.69, 9.17) is 0 Å². The van der Waals surface area contributed by atoms with Gasteiger partial charge in [-0.05, 0) is 19.0 Å². The van der Waals surface area contributed by atoms with Crippen molar-refractivity contribution in [2.24, 2.45) is 0 Å². The summed E-state index contributed by atoms with van der Waals surface area (Å²) < 4.78 is 0. The lowest BCUT2D eigenvalue weighted by molar-refractivity contribution is -0.385. The van der Waals surface area contributed by atoms with E-state index < -0.39 is 0 Å². The van der Waals surface area contributed by atoms with Crippen molar-refractivity contribution >= 4 is 5.69 Å². The lowest BCUT2D eigenvalue weighted by atomic mass is 10.1. The molecule has 1 N–H and O–H groups in total. The molecule has 0 saturated carbocycles. The molecule has 0 amide bonds. The molecule has 0 fully saturated rings. The van der Waals surface area contributed by atoms with Gasteiger partial charge in [0.05, 0.1) is 4.92 Å². The molecular formula is C10H14N2O2. The fraction of sp³-hybridized carbons (Fsp3) is 0.400. The lowest BCUT2D eigenvalue weighted by Gasteiger charge is -2.05. The number of nitrogens with one attached hydrogen (secondary N) is 1. The topological polar surface area (TPSA) is 55.2 Å². The molecule has 0 bridgehead atoms. The molecule has 4 heteroatoms. The van der Waals surface area contributed by atoms with Crippen molar-refractivity contribution in [2.75, 3.05) is 6.54 Å². The molecule has 0 heterocycles. The first-order valence-corrected chi connectivity index (χ1v) is 4.60. The van der Waals surface area contributed by atoms with Crippen LogP contribution in [0, 0.1) is 17.0 Å². The minimum atomic E-state index is -0.342. The van der Waals surface area contributed by atoms with Gasteiger partial charge in [-0.2, -0.15) is 0 Å². The van der Waals surface area contributed by atoms with Crippen LogP contribution in [-0.2, 0) is 6.54 Å². The highest BCUT2D eigenvalue weighted by molar-refractivity contribution is 5.44. The normalized spacial score (nSPS) is 10.1. The molecule has 1 rings (SSSR count). The molecule has 1 aromatic rings. The van der Waals surface area contributed by atoms with Gasteiger partial charge in [0.1, 0.15) is 0 Å². The number of benzene rings is 1. The predicted molar refractivity (Wildman–Crippen MR) is 55.2 cm³/mol. The third kappa shape index (κ3) is 2.29. The van der Waals surface area contributed by atoms with Gasteiger partial charge < -0.3 is 5.32 Å². The van der Waals surface area contributed by atoms with E-state index in [2.05, 4.69) is 5.32 Å². The summed E-state index contributed by atoms with van der Waals surface area (Å²) in [7, 11) is 0. The highest BCUT2D eigenvalue weighted by atomic mass is 16.6. The number of hydrogen-bond acceptors (Lipinski definition) is 3. The summed E-state index contributed by atoms with van der Waals surface area (Å²) in [6.07, 6.45) is 0. The molecule has 0 aromatic heterocycles. The Balaban J connectivity index is 2.95. The Hall–Kier alpha value is -1.42. The maximum absolute atomic E-state index is 10.6. The summed E-state index contributed by atoms with van der Waals surface area (Å²) in [5.41, 5.74) is 1.93. The van der Waals surface area contributed by atoms with E-state index in [0.717, 1.165) is 17.7 Å². The zero-order valence-electron chi connectivity index (χ0n) is 8.41. The molecule has 4 nitrogen and oxygen atoms in total. The molecule has 76 valence electrons. The quantitative estimate of drug-likeness (QED) is 0.589. The predicted octanol–water partition coefficient (Wildman–Crippen LogP) is 2.01. The first-order valence-electron chi connectivity index (χ1n) is 4.60. The lowest BCUT2D eigenvalue weighted by Crippen LogP contribution is -2.13. The van der Waals surface area contributed by atoms with E-state index in [9.17, 15) is 10.1 Å². The average Bonchev–Trinajstić information content (AvgIpc) is 2.16. The fourth-order valence-electron chi connectivity index (χ4n) is 1.32. The highest BCUT2D eigenvalue weighted by Crippen LogP contribution is 2.20. The largest absolute Gasteiger partial charge is 0.313 e. The van der Waals surface area contributed by atoms with Crippen LogP contribution in [0.3, 0.4) is 0 Å². The van der Waals surface area contributed by atoms with E-state index >= 15 is 0 Å². The molecule has 0 aliphatic rings. The third-order valence-electron chi connectivity index (χ3n) is 2.18. The number of nitrogens with zero attached hydrogens (tertiary/aromatic N) is 1. The summed E-state index contributed by atoms with van der Waals surface area (Å²) in [6.45, 7) is 5.34. The Morgan fingerprint density at radius 3 is 2.79 bits per heavy atom. The van der Waals surface area contributed by atoms with Crippen molar-refractivity contribution in [3.05, 3.63) is 39.4 Å². The number of hydrogen-bond donors (Lipinski definition) is 1. The summed E-state index contributed by atoms with van der Waals surface area (Å²) in [6, 6.07) is 5.16. The maximum Gasteiger partial charge on any atom is 0.272 e. The van der Waals surface area contributed by atoms with Crippen LogP contribution in [-0.4, -0.2) is 11.5 Å². The first kappa shape index (κ1) is 10.7. The van der Waals surface area contributed by atoms with Gasteiger partial charge in [0, 0.05) is 18.2 Å². The molecule has 0 atom stereocenters. The van der Waals surface area contributed by atoms with Crippen LogP contribution in [0.5, 0.6) is 0 Å². The minimum absolute atomic E-state index is 0.195. The van der Waals surface area contributed by atoms with Gasteiger partial charge in [-0.1, -0.05) is 19.1 Å². The van der Waals surface area contributed by atoms with E-state index in [1.807, 2.05) is 13.0 Å². The summed E-state index contributed by atoms with van der Waals surface area (Å²) in [5, 5.41) is 13.8. The monoisotopic (exact) mass is 194 g/mol. The zero-order chi connectivity index (χ0) is 10.6. The molecule has 0 radical (unpaired) electrons. The van der Waals surface area contributed by atoms with Crippen LogP contribution in [0.25, 0.3) is 0 Å². The van der Waals surface area contributed by atoms with Gasteiger partial charge in [-0.3, -0.25) is 10.1 Å². The molecule has 0 unspecified atom stereocenters. The second-order valence-corrected chi connectivity index (χ2v) is 3.10. The fourth-order valence-corrected chi connectivity index (χ4v) is 1.32. The number of nitro groups is 1. The van der Waals surface area contributed by atoms with E-state index in [1.54, 1.807) is 13.0 Å². The van der Waals surface area contributed by atoms with Gasteiger partial charge >= 0.3 is 0 Å². The Labute approximate surface area is 83.1 Å². The van der Waals surface area contributed by atoms with E-state index in [1.165, 1.54) is 6.07 Å². The van der Waals surface area contributed by atoms with Crippen molar-refractivity contribution < 1.29 is 4.92 Å². The highest BCUT2D eigenvalue weighted by Gasteiger charge is 2.11. The Kier molecular flexibility index (Phi) is 3.59. The van der Waals surface area contributed by atoms with Crippen molar-refractivity contribution in [3.8, 4) is 0 Å².